The Morgan fingerprint density at radius 3 is 2.33 bits per heavy atom. The summed E-state index contributed by atoms with van der Waals surface area (Å²) in [5.74, 6) is -1.51. The number of imide groups is 1. The maximum Gasteiger partial charge on any atom is 0.294 e. The van der Waals surface area contributed by atoms with Crippen molar-refractivity contribution >= 4 is 34.8 Å². The minimum Gasteiger partial charge on any atom is -0.365 e. The number of nitro groups is 1. The van der Waals surface area contributed by atoms with Gasteiger partial charge < -0.3 is 9.80 Å². The lowest BCUT2D eigenvalue weighted by Crippen LogP contribution is -2.45. The van der Waals surface area contributed by atoms with E-state index in [4.69, 9.17) is 0 Å². The van der Waals surface area contributed by atoms with Crippen LogP contribution in [0.15, 0.2) is 30.4 Å². The molecular weight excluding hydrogens is 424 g/mol. The van der Waals surface area contributed by atoms with E-state index in [1.54, 1.807) is 17.0 Å². The monoisotopic (exact) mass is 454 g/mol. The van der Waals surface area contributed by atoms with Crippen LogP contribution in [-0.2, 0) is 14.4 Å². The maximum atomic E-state index is 12.9. The molecule has 3 aliphatic rings. The molecule has 9 heteroatoms. The zero-order valence-electron chi connectivity index (χ0n) is 19.1. The number of rotatable bonds is 6. The number of hydrogen-bond acceptors (Lipinski definition) is 6. The van der Waals surface area contributed by atoms with Gasteiger partial charge in [-0.2, -0.15) is 0 Å². The molecule has 1 aliphatic carbocycles. The van der Waals surface area contributed by atoms with Gasteiger partial charge in [-0.3, -0.25) is 24.5 Å². The van der Waals surface area contributed by atoms with Crippen LogP contribution in [0.4, 0.5) is 17.1 Å². The first-order chi connectivity index (χ1) is 15.9. The van der Waals surface area contributed by atoms with E-state index in [1.165, 1.54) is 6.07 Å². The fourth-order valence-electron chi connectivity index (χ4n) is 5.31. The van der Waals surface area contributed by atoms with E-state index in [0.717, 1.165) is 17.7 Å². The zero-order chi connectivity index (χ0) is 23.7. The van der Waals surface area contributed by atoms with Gasteiger partial charge in [0.2, 0.25) is 17.7 Å². The summed E-state index contributed by atoms with van der Waals surface area (Å²) in [4.78, 5) is 55.0. The van der Waals surface area contributed by atoms with Crippen molar-refractivity contribution in [3.05, 3.63) is 40.5 Å². The van der Waals surface area contributed by atoms with E-state index in [0.29, 0.717) is 44.7 Å². The summed E-state index contributed by atoms with van der Waals surface area (Å²) in [6.07, 6.45) is 6.37. The third-order valence-electron chi connectivity index (χ3n) is 7.11. The number of piperidine rings is 1. The minimum atomic E-state index is -0.478. The Bertz CT molecular complexity index is 977. The average molecular weight is 455 g/mol. The summed E-state index contributed by atoms with van der Waals surface area (Å²) in [7, 11) is 0. The summed E-state index contributed by atoms with van der Waals surface area (Å²) in [5, 5.41) is 12.0. The van der Waals surface area contributed by atoms with Gasteiger partial charge in [0, 0.05) is 32.2 Å². The first-order valence-electron chi connectivity index (χ1n) is 11.7. The SMILES string of the molecule is CCN(CC)C(=O)[C@H]1CCCN(c2ccc(N3C(=O)[C@H]4CC=CC[C@H]4C3=O)cc2[N+](=O)[O-])C1. The van der Waals surface area contributed by atoms with Crippen LogP contribution in [0.1, 0.15) is 39.5 Å². The highest BCUT2D eigenvalue weighted by Crippen LogP contribution is 2.41. The number of nitro benzene ring substituents is 1. The quantitative estimate of drug-likeness (QED) is 0.283. The molecule has 0 saturated carbocycles. The highest BCUT2D eigenvalue weighted by Gasteiger charge is 2.48. The highest BCUT2D eigenvalue weighted by atomic mass is 16.6. The molecule has 0 N–H and O–H groups in total. The van der Waals surface area contributed by atoms with Crippen molar-refractivity contribution in [3.8, 4) is 0 Å². The minimum absolute atomic E-state index is 0.0773. The lowest BCUT2D eigenvalue weighted by molar-refractivity contribution is -0.384. The molecule has 2 heterocycles. The molecular formula is C24H30N4O5. The summed E-state index contributed by atoms with van der Waals surface area (Å²) >= 11 is 0. The fourth-order valence-corrected chi connectivity index (χ4v) is 5.31. The van der Waals surface area contributed by atoms with Crippen LogP contribution < -0.4 is 9.80 Å². The van der Waals surface area contributed by atoms with Crippen molar-refractivity contribution in [2.75, 3.05) is 36.0 Å². The van der Waals surface area contributed by atoms with Gasteiger partial charge in [-0.1, -0.05) is 12.2 Å². The number of amides is 3. The molecule has 9 nitrogen and oxygen atoms in total. The molecule has 0 radical (unpaired) electrons. The van der Waals surface area contributed by atoms with Gasteiger partial charge in [-0.25, -0.2) is 4.90 Å². The zero-order valence-corrected chi connectivity index (χ0v) is 19.1. The fraction of sp³-hybridized carbons (Fsp3) is 0.542. The van der Waals surface area contributed by atoms with Gasteiger partial charge in [0.05, 0.1) is 28.4 Å². The van der Waals surface area contributed by atoms with Crippen LogP contribution in [0.3, 0.4) is 0 Å². The van der Waals surface area contributed by atoms with E-state index in [-0.39, 0.29) is 35.0 Å². The molecule has 0 aromatic heterocycles. The molecule has 4 rings (SSSR count). The Labute approximate surface area is 193 Å². The van der Waals surface area contributed by atoms with E-state index in [9.17, 15) is 24.5 Å². The molecule has 0 spiro atoms. The van der Waals surface area contributed by atoms with E-state index >= 15 is 0 Å². The lowest BCUT2D eigenvalue weighted by atomic mass is 9.85. The third kappa shape index (κ3) is 4.12. The molecule has 33 heavy (non-hydrogen) atoms. The average Bonchev–Trinajstić information content (AvgIpc) is 3.09. The standard InChI is InChI=1S/C24H30N4O5/c1-3-25(4-2)22(29)16-8-7-13-26(15-16)20-12-11-17(14-21(20)28(32)33)27-23(30)18-9-5-6-10-19(18)24(27)31/h5-6,11-12,14,16,18-19H,3-4,7-10,13,15H2,1-2H3/t16-,18-,19+/m0/s1. The number of allylic oxidation sites excluding steroid dienone is 2. The van der Waals surface area contributed by atoms with E-state index in [1.807, 2.05) is 30.9 Å². The van der Waals surface area contributed by atoms with Gasteiger partial charge >= 0.3 is 0 Å². The van der Waals surface area contributed by atoms with Gasteiger partial charge in [-0.15, -0.1) is 0 Å². The van der Waals surface area contributed by atoms with Crippen molar-refractivity contribution in [1.82, 2.24) is 4.90 Å². The molecule has 1 aromatic rings. The second-order valence-corrected chi connectivity index (χ2v) is 8.89. The Morgan fingerprint density at radius 2 is 1.76 bits per heavy atom. The molecule has 3 amide bonds. The summed E-state index contributed by atoms with van der Waals surface area (Å²) in [5.41, 5.74) is 0.499. The second kappa shape index (κ2) is 9.33. The maximum absolute atomic E-state index is 12.9. The number of anilines is 2. The molecule has 2 fully saturated rings. The molecule has 0 bridgehead atoms. The van der Waals surface area contributed by atoms with Crippen LogP contribution in [0.5, 0.6) is 0 Å². The van der Waals surface area contributed by atoms with Crippen LogP contribution in [-0.4, -0.2) is 53.7 Å². The largest absolute Gasteiger partial charge is 0.365 e. The summed E-state index contributed by atoms with van der Waals surface area (Å²) in [6.45, 7) is 6.18. The van der Waals surface area contributed by atoms with Crippen LogP contribution in [0, 0.1) is 27.9 Å². The number of carbonyl (C=O) groups excluding carboxylic acids is 3. The topological polar surface area (TPSA) is 104 Å². The number of benzene rings is 1. The smallest absolute Gasteiger partial charge is 0.294 e. The summed E-state index contributed by atoms with van der Waals surface area (Å²) < 4.78 is 0. The number of nitrogens with zero attached hydrogens (tertiary/aromatic N) is 4. The van der Waals surface area contributed by atoms with Crippen molar-refractivity contribution in [1.29, 1.82) is 0 Å². The number of hydrogen-bond donors (Lipinski definition) is 0. The highest BCUT2D eigenvalue weighted by molar-refractivity contribution is 6.22. The number of fused-ring (bicyclic) bond motifs is 1. The van der Waals surface area contributed by atoms with E-state index in [2.05, 4.69) is 0 Å². The van der Waals surface area contributed by atoms with Crippen molar-refractivity contribution in [2.45, 2.75) is 39.5 Å². The number of carbonyl (C=O) groups is 3. The third-order valence-corrected chi connectivity index (χ3v) is 7.11. The predicted molar refractivity (Wildman–Crippen MR) is 124 cm³/mol. The van der Waals surface area contributed by atoms with Gasteiger partial charge in [0.15, 0.2) is 0 Å². The van der Waals surface area contributed by atoms with Gasteiger partial charge in [-0.05, 0) is 51.7 Å². The first kappa shape index (κ1) is 22.9. The Kier molecular flexibility index (Phi) is 6.49. The Morgan fingerprint density at radius 1 is 1.12 bits per heavy atom. The van der Waals surface area contributed by atoms with Crippen molar-refractivity contribution in [2.24, 2.45) is 17.8 Å². The predicted octanol–water partition coefficient (Wildman–Crippen LogP) is 3.14. The summed E-state index contributed by atoms with van der Waals surface area (Å²) in [6, 6.07) is 4.54. The first-order valence-corrected chi connectivity index (χ1v) is 11.7. The molecule has 2 saturated heterocycles. The van der Waals surface area contributed by atoms with Crippen molar-refractivity contribution < 1.29 is 19.3 Å². The molecule has 176 valence electrons. The van der Waals surface area contributed by atoms with Crippen LogP contribution in [0.2, 0.25) is 0 Å². The molecule has 1 aromatic carbocycles. The molecule has 2 aliphatic heterocycles. The van der Waals surface area contributed by atoms with Gasteiger partial charge in [0.25, 0.3) is 5.69 Å². The van der Waals surface area contributed by atoms with Crippen LogP contribution >= 0.6 is 0 Å². The van der Waals surface area contributed by atoms with Crippen LogP contribution in [0.25, 0.3) is 0 Å². The lowest BCUT2D eigenvalue weighted by Gasteiger charge is -2.35. The molecule has 0 unspecified atom stereocenters. The van der Waals surface area contributed by atoms with Gasteiger partial charge in [0.1, 0.15) is 5.69 Å². The second-order valence-electron chi connectivity index (χ2n) is 8.89. The normalized spacial score (nSPS) is 24.7. The Balaban J connectivity index is 1.61. The Hall–Kier alpha value is -3.23. The molecule has 3 atom stereocenters. The van der Waals surface area contributed by atoms with Crippen molar-refractivity contribution in [3.63, 3.8) is 0 Å². The van der Waals surface area contributed by atoms with E-state index < -0.39 is 16.8 Å².